The Kier molecular flexibility index (Phi) is 16.8. The maximum absolute atomic E-state index is 13.1. The average Bonchev–Trinajstić information content (AvgIpc) is 3.57. The maximum atomic E-state index is 13.1. The molecule has 0 fully saturated rings. The molecule has 0 saturated carbocycles. The topological polar surface area (TPSA) is 247 Å². The van der Waals surface area contributed by atoms with Crippen molar-refractivity contribution in [3.63, 3.8) is 0 Å². The molecule has 0 radical (unpaired) electrons. The molecular weight excluding hydrogens is 856 g/mol. The zero-order valence-electron chi connectivity index (χ0n) is 36.1. The summed E-state index contributed by atoms with van der Waals surface area (Å²) in [5, 5.41) is 7.33. The van der Waals surface area contributed by atoms with Gasteiger partial charge in [0.1, 0.15) is 10.3 Å². The SMILES string of the molecule is CCOC(=O)c1c2cnc(Cl)cn2c(=O)n1CC(CN=[N+]=[N-])O[Si](C)(C)C(C)(C)C.CCOC(=O)c1c2cnc(Cl)cn2c(=O)n1CC(CN=[N+]=[N-])O[Si](C)(C)C(C)(C)C. The average molecular weight is 910 g/mol. The molecule has 4 rings (SSSR count). The summed E-state index contributed by atoms with van der Waals surface area (Å²) in [5.74, 6) is -1.31. The Bertz CT molecular complexity index is 2240. The van der Waals surface area contributed by atoms with Crippen molar-refractivity contribution >= 4 is 62.8 Å². The van der Waals surface area contributed by atoms with E-state index in [4.69, 9.17) is 52.6 Å². The third kappa shape index (κ3) is 11.8. The van der Waals surface area contributed by atoms with Crippen LogP contribution in [-0.4, -0.2) is 95.0 Å². The van der Waals surface area contributed by atoms with E-state index in [-0.39, 0.29) is 82.2 Å². The molecule has 328 valence electrons. The minimum atomic E-state index is -2.25. The summed E-state index contributed by atoms with van der Waals surface area (Å²) in [6, 6.07) is 0. The number of halogens is 2. The molecule has 0 aliphatic heterocycles. The Balaban J connectivity index is 0.000000320. The van der Waals surface area contributed by atoms with Gasteiger partial charge in [-0.3, -0.25) is 17.9 Å². The van der Waals surface area contributed by atoms with Gasteiger partial charge in [-0.15, -0.1) is 0 Å². The van der Waals surface area contributed by atoms with Crippen LogP contribution < -0.4 is 11.4 Å². The number of carbonyl (C=O) groups is 2. The molecule has 0 aliphatic rings. The molecule has 0 aliphatic carbocycles. The number of ether oxygens (including phenoxy) is 2. The molecule has 0 amide bonds. The smallest absolute Gasteiger partial charge is 0.357 e. The Morgan fingerprint density at radius 2 is 1.05 bits per heavy atom. The van der Waals surface area contributed by atoms with E-state index in [2.05, 4.69) is 97.8 Å². The van der Waals surface area contributed by atoms with Crippen LogP contribution >= 0.6 is 23.2 Å². The van der Waals surface area contributed by atoms with Crippen molar-refractivity contribution in [2.45, 2.75) is 117 Å². The summed E-state index contributed by atoms with van der Waals surface area (Å²) < 4.78 is 28.1. The zero-order valence-corrected chi connectivity index (χ0v) is 39.6. The highest BCUT2D eigenvalue weighted by Gasteiger charge is 2.41. The fraction of sp³-hybridized carbons (Fsp3) is 0.611. The Morgan fingerprint density at radius 1 is 0.717 bits per heavy atom. The fourth-order valence-electron chi connectivity index (χ4n) is 5.46. The number of hydrogen-bond acceptors (Lipinski definition) is 12. The van der Waals surface area contributed by atoms with Gasteiger partial charge in [0.2, 0.25) is 0 Å². The summed E-state index contributed by atoms with van der Waals surface area (Å²) in [6.45, 7) is 24.5. The molecule has 60 heavy (non-hydrogen) atoms. The molecule has 2 unspecified atom stereocenters. The van der Waals surface area contributed by atoms with E-state index >= 15 is 0 Å². The highest BCUT2D eigenvalue weighted by Crippen LogP contribution is 2.38. The van der Waals surface area contributed by atoms with E-state index in [1.165, 1.54) is 42.7 Å². The van der Waals surface area contributed by atoms with Crippen LogP contribution in [-0.2, 0) is 31.4 Å². The normalized spacial score (nSPS) is 13.2. The van der Waals surface area contributed by atoms with Crippen molar-refractivity contribution < 1.29 is 27.9 Å². The van der Waals surface area contributed by atoms with E-state index in [1.807, 2.05) is 0 Å². The number of hydrogen-bond donors (Lipinski definition) is 0. The van der Waals surface area contributed by atoms with Crippen LogP contribution in [0.15, 0.2) is 44.6 Å². The predicted molar refractivity (Wildman–Crippen MR) is 233 cm³/mol. The van der Waals surface area contributed by atoms with Crippen LogP contribution in [0, 0.1) is 0 Å². The molecular formula is C36H54Cl2N12O8Si2. The molecule has 0 bridgehead atoms. The highest BCUT2D eigenvalue weighted by atomic mass is 35.5. The standard InChI is InChI=1S/2C18H27ClN6O4Si/c2*1-7-28-16(26)15-13-9-21-14(19)11-24(13)17(27)25(15)10-12(8-22-23-20)29-30(5,6)18(2,3)4/h2*9,11-12H,7-8,10H2,1-6H3. The summed E-state index contributed by atoms with van der Waals surface area (Å²) >= 11 is 11.9. The van der Waals surface area contributed by atoms with Gasteiger partial charge < -0.3 is 18.3 Å². The highest BCUT2D eigenvalue weighted by molar-refractivity contribution is 6.74. The van der Waals surface area contributed by atoms with E-state index in [9.17, 15) is 19.2 Å². The van der Waals surface area contributed by atoms with Crippen molar-refractivity contribution in [1.29, 1.82) is 0 Å². The van der Waals surface area contributed by atoms with Crippen molar-refractivity contribution in [3.05, 3.63) is 88.3 Å². The number of fused-ring (bicyclic) bond motifs is 2. The number of nitrogens with zero attached hydrogens (tertiary/aromatic N) is 12. The van der Waals surface area contributed by atoms with Gasteiger partial charge in [-0.1, -0.05) is 75.0 Å². The van der Waals surface area contributed by atoms with Crippen molar-refractivity contribution in [2.75, 3.05) is 26.3 Å². The van der Waals surface area contributed by atoms with Gasteiger partial charge >= 0.3 is 23.3 Å². The van der Waals surface area contributed by atoms with Crippen molar-refractivity contribution in [2.24, 2.45) is 10.2 Å². The molecule has 4 aromatic heterocycles. The second kappa shape index (κ2) is 20.3. The lowest BCUT2D eigenvalue weighted by atomic mass is 10.2. The minimum absolute atomic E-state index is 0.0117. The monoisotopic (exact) mass is 908 g/mol. The van der Waals surface area contributed by atoms with Gasteiger partial charge in [-0.2, -0.15) is 0 Å². The van der Waals surface area contributed by atoms with E-state index in [0.29, 0.717) is 0 Å². The Hall–Kier alpha value is -4.67. The van der Waals surface area contributed by atoms with Gasteiger partial charge in [0.05, 0.1) is 87.4 Å². The molecule has 0 spiro atoms. The summed E-state index contributed by atoms with van der Waals surface area (Å²) in [7, 11) is -4.50. The third-order valence-electron chi connectivity index (χ3n) is 10.5. The first-order valence-corrected chi connectivity index (χ1v) is 25.7. The van der Waals surface area contributed by atoms with Crippen molar-refractivity contribution in [3.8, 4) is 0 Å². The van der Waals surface area contributed by atoms with E-state index in [0.717, 1.165) is 0 Å². The lowest BCUT2D eigenvalue weighted by Crippen LogP contribution is -2.46. The summed E-state index contributed by atoms with van der Waals surface area (Å²) in [5.41, 5.74) is 17.3. The number of imidazole rings is 2. The lowest BCUT2D eigenvalue weighted by Gasteiger charge is -2.39. The number of carbonyl (C=O) groups excluding carboxylic acids is 2. The lowest BCUT2D eigenvalue weighted by molar-refractivity contribution is 0.0501. The summed E-state index contributed by atoms with van der Waals surface area (Å²) in [4.78, 5) is 65.0. The molecule has 0 N–H and O–H groups in total. The molecule has 2 atom stereocenters. The molecule has 20 nitrogen and oxygen atoms in total. The van der Waals surface area contributed by atoms with Crippen LogP contribution in [0.5, 0.6) is 0 Å². The largest absolute Gasteiger partial charge is 0.461 e. The van der Waals surface area contributed by atoms with Gasteiger partial charge in [0.25, 0.3) is 0 Å². The minimum Gasteiger partial charge on any atom is -0.461 e. The number of rotatable bonds is 16. The first-order chi connectivity index (χ1) is 27.8. The zero-order chi connectivity index (χ0) is 45.4. The number of esters is 2. The fourth-order valence-corrected chi connectivity index (χ4v) is 8.43. The summed E-state index contributed by atoms with van der Waals surface area (Å²) in [6.07, 6.45) is 4.18. The van der Waals surface area contributed by atoms with Crippen molar-refractivity contribution in [1.82, 2.24) is 27.9 Å². The van der Waals surface area contributed by atoms with E-state index < -0.39 is 52.2 Å². The van der Waals surface area contributed by atoms with Gasteiger partial charge in [-0.05, 0) is 61.2 Å². The van der Waals surface area contributed by atoms with Crippen LogP contribution in [0.2, 0.25) is 46.6 Å². The first-order valence-electron chi connectivity index (χ1n) is 19.1. The number of azide groups is 2. The van der Waals surface area contributed by atoms with Gasteiger partial charge in [-0.25, -0.2) is 29.1 Å². The van der Waals surface area contributed by atoms with Crippen LogP contribution in [0.4, 0.5) is 0 Å². The maximum Gasteiger partial charge on any atom is 0.357 e. The van der Waals surface area contributed by atoms with Crippen LogP contribution in [0.25, 0.3) is 31.9 Å². The number of aromatic nitrogens is 6. The molecule has 0 aromatic carbocycles. The van der Waals surface area contributed by atoms with Crippen LogP contribution in [0.1, 0.15) is 76.4 Å². The second-order valence-electron chi connectivity index (χ2n) is 16.7. The molecule has 4 heterocycles. The predicted octanol–water partition coefficient (Wildman–Crippen LogP) is 8.05. The molecule has 24 heteroatoms. The van der Waals surface area contributed by atoms with Gasteiger partial charge in [0.15, 0.2) is 28.0 Å². The Morgan fingerprint density at radius 3 is 1.33 bits per heavy atom. The third-order valence-corrected chi connectivity index (χ3v) is 19.9. The second-order valence-corrected chi connectivity index (χ2v) is 27.0. The molecule has 0 saturated heterocycles. The van der Waals surface area contributed by atoms with E-state index in [1.54, 1.807) is 13.8 Å². The quantitative estimate of drug-likeness (QED) is 0.0344. The molecule has 4 aromatic rings. The first kappa shape index (κ1) is 49.7. The van der Waals surface area contributed by atoms with Gasteiger partial charge in [0, 0.05) is 9.82 Å². The Labute approximate surface area is 359 Å². The van der Waals surface area contributed by atoms with Crippen LogP contribution in [0.3, 0.4) is 0 Å².